The van der Waals surface area contributed by atoms with Crippen molar-refractivity contribution in [3.05, 3.63) is 45.1 Å². The van der Waals surface area contributed by atoms with Gasteiger partial charge in [-0.25, -0.2) is 9.48 Å². The summed E-state index contributed by atoms with van der Waals surface area (Å²) in [6, 6.07) is 4.58. The first-order valence-corrected chi connectivity index (χ1v) is 8.93. The zero-order chi connectivity index (χ0) is 20.3. The van der Waals surface area contributed by atoms with Gasteiger partial charge in [0.25, 0.3) is 0 Å². The lowest BCUT2D eigenvalue weighted by Gasteiger charge is -2.17. The summed E-state index contributed by atoms with van der Waals surface area (Å²) in [7, 11) is 1.61. The second-order valence-corrected chi connectivity index (χ2v) is 6.91. The fourth-order valence-corrected chi connectivity index (χ4v) is 2.87. The van der Waals surface area contributed by atoms with Crippen LogP contribution in [0.25, 0.3) is 0 Å². The van der Waals surface area contributed by atoms with Gasteiger partial charge in [-0.3, -0.25) is 4.79 Å². The summed E-state index contributed by atoms with van der Waals surface area (Å²) in [5.74, 6) is -0.234. The van der Waals surface area contributed by atoms with E-state index in [0.29, 0.717) is 10.7 Å². The van der Waals surface area contributed by atoms with Gasteiger partial charge >= 0.3 is 6.16 Å². The molecule has 1 aromatic heterocycles. The van der Waals surface area contributed by atoms with Crippen molar-refractivity contribution in [3.8, 4) is 5.88 Å². The summed E-state index contributed by atoms with van der Waals surface area (Å²) < 4.78 is 17.0. The zero-order valence-electron chi connectivity index (χ0n) is 15.6. The average Bonchev–Trinajstić information content (AvgIpc) is 2.79. The molecule has 2 rings (SSSR count). The van der Waals surface area contributed by atoms with Crippen LogP contribution in [0.2, 0.25) is 10.0 Å². The molecule has 2 aromatic rings. The van der Waals surface area contributed by atoms with E-state index in [1.165, 1.54) is 23.7 Å². The minimum absolute atomic E-state index is 0.147. The maximum atomic E-state index is 13.0. The van der Waals surface area contributed by atoms with Crippen molar-refractivity contribution in [2.24, 2.45) is 7.05 Å². The molecule has 0 aliphatic carbocycles. The fourth-order valence-electron chi connectivity index (χ4n) is 2.38. The molecule has 1 heterocycles. The van der Waals surface area contributed by atoms with Crippen LogP contribution in [-0.2, 0) is 16.5 Å². The molecule has 0 radical (unpaired) electrons. The molecule has 0 bridgehead atoms. The van der Waals surface area contributed by atoms with Crippen molar-refractivity contribution < 1.29 is 23.8 Å². The lowest BCUT2D eigenvalue weighted by Crippen LogP contribution is -2.25. The Morgan fingerprint density at radius 2 is 1.81 bits per heavy atom. The summed E-state index contributed by atoms with van der Waals surface area (Å²) in [5.41, 5.74) is 0.921. The monoisotopic (exact) mass is 414 g/mol. The molecule has 1 unspecified atom stereocenters. The third-order valence-corrected chi connectivity index (χ3v) is 3.99. The Kier molecular flexibility index (Phi) is 6.73. The molecule has 0 aliphatic rings. The van der Waals surface area contributed by atoms with Crippen LogP contribution in [0.5, 0.6) is 5.88 Å². The molecule has 146 valence electrons. The number of nitrogens with zero attached hydrogens (tertiary/aromatic N) is 2. The Balaban J connectivity index is 2.29. The number of rotatable bonds is 6. The number of hydrogen-bond acceptors (Lipinski definition) is 6. The van der Waals surface area contributed by atoms with E-state index in [1.807, 2.05) is 0 Å². The van der Waals surface area contributed by atoms with Crippen LogP contribution < -0.4 is 4.74 Å². The highest BCUT2D eigenvalue weighted by Gasteiger charge is 2.27. The summed E-state index contributed by atoms with van der Waals surface area (Å²) in [6.45, 7) is 6.57. The van der Waals surface area contributed by atoms with E-state index in [9.17, 15) is 9.59 Å². The third kappa shape index (κ3) is 5.14. The molecule has 0 amide bonds. The Bertz CT molecular complexity index is 864. The Morgan fingerprint density at radius 1 is 1.15 bits per heavy atom. The molecule has 0 spiro atoms. The van der Waals surface area contributed by atoms with Gasteiger partial charge in [0.1, 0.15) is 5.56 Å². The van der Waals surface area contributed by atoms with Gasteiger partial charge in [-0.1, -0.05) is 23.2 Å². The molecular weight excluding hydrogens is 395 g/mol. The highest BCUT2D eigenvalue weighted by atomic mass is 35.5. The van der Waals surface area contributed by atoms with E-state index < -0.39 is 12.4 Å². The summed E-state index contributed by atoms with van der Waals surface area (Å²) >= 11 is 12.0. The lowest BCUT2D eigenvalue weighted by atomic mass is 10.0. The van der Waals surface area contributed by atoms with Gasteiger partial charge in [0, 0.05) is 24.6 Å². The lowest BCUT2D eigenvalue weighted by molar-refractivity contribution is -0.0638. The first-order valence-electron chi connectivity index (χ1n) is 8.17. The Labute approximate surface area is 167 Å². The van der Waals surface area contributed by atoms with Crippen molar-refractivity contribution >= 4 is 35.1 Å². The largest absolute Gasteiger partial charge is 0.511 e. The number of benzene rings is 1. The molecule has 9 heteroatoms. The van der Waals surface area contributed by atoms with Gasteiger partial charge < -0.3 is 14.2 Å². The van der Waals surface area contributed by atoms with E-state index in [2.05, 4.69) is 5.10 Å². The van der Waals surface area contributed by atoms with Crippen molar-refractivity contribution in [3.63, 3.8) is 0 Å². The first-order chi connectivity index (χ1) is 12.6. The third-order valence-electron chi connectivity index (χ3n) is 3.44. The van der Waals surface area contributed by atoms with Crippen molar-refractivity contribution in [1.29, 1.82) is 0 Å². The average molecular weight is 415 g/mol. The zero-order valence-corrected chi connectivity index (χ0v) is 17.1. The molecule has 1 atom stereocenters. The maximum Gasteiger partial charge on any atom is 0.511 e. The predicted molar refractivity (Wildman–Crippen MR) is 101 cm³/mol. The van der Waals surface area contributed by atoms with Gasteiger partial charge in [-0.05, 0) is 39.0 Å². The standard InChI is InChI=1S/C18H20Cl2N2O5/c1-9(2)25-18(24)27-11(4)26-17-15(10(3)21-22(17)5)16(23)13-7-6-12(19)8-14(13)20/h6-9,11H,1-5H3. The van der Waals surface area contributed by atoms with Crippen LogP contribution in [0.3, 0.4) is 0 Å². The number of halogens is 2. The summed E-state index contributed by atoms with van der Waals surface area (Å²) in [4.78, 5) is 24.6. The smallest absolute Gasteiger partial charge is 0.437 e. The van der Waals surface area contributed by atoms with Gasteiger partial charge in [-0.15, -0.1) is 0 Å². The molecule has 0 saturated heterocycles. The summed E-state index contributed by atoms with van der Waals surface area (Å²) in [5, 5.41) is 4.85. The molecule has 27 heavy (non-hydrogen) atoms. The van der Waals surface area contributed by atoms with Crippen LogP contribution in [0.15, 0.2) is 18.2 Å². The van der Waals surface area contributed by atoms with Gasteiger partial charge in [0.15, 0.2) is 0 Å². The van der Waals surface area contributed by atoms with E-state index in [4.69, 9.17) is 37.4 Å². The summed E-state index contributed by atoms with van der Waals surface area (Å²) in [6.07, 6.45) is -2.20. The highest BCUT2D eigenvalue weighted by Crippen LogP contribution is 2.29. The quantitative estimate of drug-likeness (QED) is 0.391. The highest BCUT2D eigenvalue weighted by molar-refractivity contribution is 6.37. The maximum absolute atomic E-state index is 13.0. The van der Waals surface area contributed by atoms with Gasteiger partial charge in [0.2, 0.25) is 18.0 Å². The first kappa shape index (κ1) is 21.1. The van der Waals surface area contributed by atoms with E-state index in [0.717, 1.165) is 0 Å². The molecule has 0 N–H and O–H groups in total. The number of ether oxygens (including phenoxy) is 3. The molecule has 0 fully saturated rings. The topological polar surface area (TPSA) is 79.7 Å². The van der Waals surface area contributed by atoms with E-state index in [1.54, 1.807) is 33.9 Å². The second kappa shape index (κ2) is 8.63. The minimum Gasteiger partial charge on any atom is -0.437 e. The molecule has 0 saturated carbocycles. The number of carbonyl (C=O) groups excluding carboxylic acids is 2. The molecule has 0 aliphatic heterocycles. The van der Waals surface area contributed by atoms with Crippen LogP contribution in [-0.4, -0.2) is 34.1 Å². The number of hydrogen-bond donors (Lipinski definition) is 0. The number of ketones is 1. The number of aryl methyl sites for hydroxylation is 2. The van der Waals surface area contributed by atoms with Crippen LogP contribution >= 0.6 is 23.2 Å². The molecule has 7 nitrogen and oxygen atoms in total. The Hall–Kier alpha value is -2.25. The molecule has 1 aromatic carbocycles. The van der Waals surface area contributed by atoms with Crippen molar-refractivity contribution in [2.45, 2.75) is 40.1 Å². The van der Waals surface area contributed by atoms with Crippen LogP contribution in [0, 0.1) is 6.92 Å². The second-order valence-electron chi connectivity index (χ2n) is 6.06. The normalized spacial score (nSPS) is 12.0. The van der Waals surface area contributed by atoms with Gasteiger partial charge in [0.05, 0.1) is 16.8 Å². The van der Waals surface area contributed by atoms with Crippen molar-refractivity contribution in [2.75, 3.05) is 0 Å². The fraction of sp³-hybridized carbons (Fsp3) is 0.389. The van der Waals surface area contributed by atoms with Crippen LogP contribution in [0.1, 0.15) is 42.4 Å². The van der Waals surface area contributed by atoms with E-state index in [-0.39, 0.29) is 33.9 Å². The Morgan fingerprint density at radius 3 is 2.41 bits per heavy atom. The SMILES string of the molecule is Cc1nn(C)c(OC(C)OC(=O)OC(C)C)c1C(=O)c1ccc(Cl)cc1Cl. The minimum atomic E-state index is -1.00. The van der Waals surface area contributed by atoms with Gasteiger partial charge in [-0.2, -0.15) is 5.10 Å². The predicted octanol–water partition coefficient (Wildman–Crippen LogP) is 4.55. The van der Waals surface area contributed by atoms with E-state index >= 15 is 0 Å². The number of aromatic nitrogens is 2. The van der Waals surface area contributed by atoms with Crippen molar-refractivity contribution in [1.82, 2.24) is 9.78 Å². The molecular formula is C18H20Cl2N2O5. The number of carbonyl (C=O) groups is 2. The van der Waals surface area contributed by atoms with Crippen LogP contribution in [0.4, 0.5) is 4.79 Å².